The normalized spacial score (nSPS) is 22.8. The first kappa shape index (κ1) is 22.9. The smallest absolute Gasteiger partial charge is 0.410 e. The summed E-state index contributed by atoms with van der Waals surface area (Å²) >= 11 is 12.8. The van der Waals surface area contributed by atoms with Gasteiger partial charge in [0.05, 0.1) is 46.7 Å². The van der Waals surface area contributed by atoms with Crippen LogP contribution >= 0.6 is 23.2 Å². The van der Waals surface area contributed by atoms with Crippen molar-refractivity contribution in [1.82, 2.24) is 19.4 Å². The molecule has 1 aliphatic carbocycles. The van der Waals surface area contributed by atoms with Crippen LogP contribution in [0.1, 0.15) is 24.5 Å². The summed E-state index contributed by atoms with van der Waals surface area (Å²) in [4.78, 5) is 35.2. The number of hydrogen-bond donors (Lipinski definition) is 1. The van der Waals surface area contributed by atoms with E-state index in [4.69, 9.17) is 37.7 Å². The van der Waals surface area contributed by atoms with E-state index in [0.717, 1.165) is 11.1 Å². The Bertz CT molecular complexity index is 1230. The first-order chi connectivity index (χ1) is 16.4. The van der Waals surface area contributed by atoms with Crippen molar-refractivity contribution in [2.75, 3.05) is 26.3 Å². The van der Waals surface area contributed by atoms with E-state index in [1.807, 2.05) is 16.7 Å². The van der Waals surface area contributed by atoms with E-state index >= 15 is 0 Å². The summed E-state index contributed by atoms with van der Waals surface area (Å²) in [5.41, 5.74) is 1.79. The molecule has 1 amide bonds. The largest absolute Gasteiger partial charge is 0.481 e. The predicted octanol–water partition coefficient (Wildman–Crippen LogP) is 4.14. The average molecular weight is 505 g/mol. The van der Waals surface area contributed by atoms with Crippen LogP contribution in [0.15, 0.2) is 36.9 Å². The van der Waals surface area contributed by atoms with Crippen molar-refractivity contribution in [3.63, 3.8) is 0 Å². The van der Waals surface area contributed by atoms with Crippen LogP contribution in [0.2, 0.25) is 10.0 Å². The SMILES string of the molecule is O=C(O)[C@@H]1C[C@H](OC(=O)N2CCOCC2)CC1c1cc(-n2ccnc2)c2ccc(Cl)c(Cl)c2n1. The Labute approximate surface area is 205 Å². The molecule has 11 heteroatoms. The monoisotopic (exact) mass is 504 g/mol. The Morgan fingerprint density at radius 1 is 1.18 bits per heavy atom. The predicted molar refractivity (Wildman–Crippen MR) is 125 cm³/mol. The second-order valence-corrected chi connectivity index (χ2v) is 9.21. The van der Waals surface area contributed by atoms with Crippen LogP contribution in [0.5, 0.6) is 0 Å². The number of pyridine rings is 1. The van der Waals surface area contributed by atoms with E-state index in [0.29, 0.717) is 54.0 Å². The van der Waals surface area contributed by atoms with Gasteiger partial charge in [0.25, 0.3) is 0 Å². The van der Waals surface area contributed by atoms with Crippen molar-refractivity contribution >= 4 is 46.2 Å². The van der Waals surface area contributed by atoms with Crippen LogP contribution in [-0.4, -0.2) is 69.0 Å². The summed E-state index contributed by atoms with van der Waals surface area (Å²) in [6, 6.07) is 5.37. The number of rotatable bonds is 4. The number of benzene rings is 1. The summed E-state index contributed by atoms with van der Waals surface area (Å²) < 4.78 is 12.8. The number of ether oxygens (including phenoxy) is 2. The highest BCUT2D eigenvalue weighted by atomic mass is 35.5. The molecular weight excluding hydrogens is 483 g/mol. The van der Waals surface area contributed by atoms with Crippen LogP contribution < -0.4 is 0 Å². The zero-order chi connectivity index (χ0) is 23.8. The molecule has 1 unspecified atom stereocenters. The average Bonchev–Trinajstić information content (AvgIpc) is 3.52. The number of carbonyl (C=O) groups is 2. The number of carboxylic acids is 1. The zero-order valence-corrected chi connectivity index (χ0v) is 19.6. The number of imidazole rings is 1. The number of hydrogen-bond acceptors (Lipinski definition) is 6. The number of nitrogens with zero attached hydrogens (tertiary/aromatic N) is 4. The zero-order valence-electron chi connectivity index (χ0n) is 18.1. The van der Waals surface area contributed by atoms with Gasteiger partial charge < -0.3 is 24.0 Å². The standard InChI is InChI=1S/C23H22Cl2N4O5/c24-17-2-1-14-19(29-4-3-26-12-29)11-18(27-21(14)20(17)25)15-9-13(10-16(15)22(30)31)34-23(32)28-5-7-33-8-6-28/h1-4,11-13,15-16H,5-10H2,(H,30,31)/t13-,15?,16-/m1/s1. The molecule has 3 atom stereocenters. The number of fused-ring (bicyclic) bond motifs is 1. The summed E-state index contributed by atoms with van der Waals surface area (Å²) in [5, 5.41) is 11.4. The maximum Gasteiger partial charge on any atom is 0.410 e. The first-order valence-corrected chi connectivity index (χ1v) is 11.7. The molecule has 3 heterocycles. The number of aliphatic carboxylic acids is 1. The first-order valence-electron chi connectivity index (χ1n) is 11.0. The van der Waals surface area contributed by atoms with Crippen molar-refractivity contribution in [1.29, 1.82) is 0 Å². The fourth-order valence-corrected chi connectivity index (χ4v) is 5.05. The second kappa shape index (κ2) is 9.40. The van der Waals surface area contributed by atoms with E-state index in [9.17, 15) is 14.7 Å². The van der Waals surface area contributed by atoms with Gasteiger partial charge in [-0.2, -0.15) is 0 Å². The summed E-state index contributed by atoms with van der Waals surface area (Å²) in [6.45, 7) is 1.83. The Morgan fingerprint density at radius 3 is 2.68 bits per heavy atom. The van der Waals surface area contributed by atoms with Crippen molar-refractivity contribution in [3.8, 4) is 5.69 Å². The Balaban J connectivity index is 1.50. The molecule has 2 aromatic heterocycles. The molecule has 3 aromatic rings. The molecule has 1 aliphatic heterocycles. The maximum absolute atomic E-state index is 12.6. The van der Waals surface area contributed by atoms with Crippen LogP contribution in [0.25, 0.3) is 16.6 Å². The molecule has 1 saturated heterocycles. The molecule has 0 bridgehead atoms. The molecule has 1 N–H and O–H groups in total. The van der Waals surface area contributed by atoms with Crippen LogP contribution in [0.3, 0.4) is 0 Å². The van der Waals surface area contributed by atoms with Gasteiger partial charge in [-0.3, -0.25) is 9.78 Å². The summed E-state index contributed by atoms with van der Waals surface area (Å²) in [5.74, 6) is -2.19. The van der Waals surface area contributed by atoms with Crippen molar-refractivity contribution in [2.24, 2.45) is 5.92 Å². The number of amides is 1. The minimum Gasteiger partial charge on any atom is -0.481 e. The van der Waals surface area contributed by atoms with Gasteiger partial charge in [0.1, 0.15) is 6.10 Å². The highest BCUT2D eigenvalue weighted by Gasteiger charge is 2.43. The van der Waals surface area contributed by atoms with Gasteiger partial charge in [0.15, 0.2) is 0 Å². The topological polar surface area (TPSA) is 107 Å². The molecule has 2 aliphatic rings. The molecule has 178 valence electrons. The Morgan fingerprint density at radius 2 is 1.97 bits per heavy atom. The number of carbonyl (C=O) groups excluding carboxylic acids is 1. The fraction of sp³-hybridized carbons (Fsp3) is 0.391. The van der Waals surface area contributed by atoms with Gasteiger partial charge in [-0.05, 0) is 31.0 Å². The van der Waals surface area contributed by atoms with Crippen LogP contribution in [-0.2, 0) is 14.3 Å². The van der Waals surface area contributed by atoms with Gasteiger partial charge in [-0.1, -0.05) is 23.2 Å². The van der Waals surface area contributed by atoms with E-state index in [1.165, 1.54) is 0 Å². The summed E-state index contributed by atoms with van der Waals surface area (Å²) in [7, 11) is 0. The van der Waals surface area contributed by atoms with Gasteiger partial charge in [0, 0.05) is 42.5 Å². The van der Waals surface area contributed by atoms with E-state index in [2.05, 4.69) is 4.98 Å². The quantitative estimate of drug-likeness (QED) is 0.568. The van der Waals surface area contributed by atoms with Gasteiger partial charge in [-0.25, -0.2) is 9.78 Å². The summed E-state index contributed by atoms with van der Waals surface area (Å²) in [6.07, 6.45) is 4.66. The second-order valence-electron chi connectivity index (χ2n) is 8.42. The maximum atomic E-state index is 12.6. The highest BCUT2D eigenvalue weighted by Crippen LogP contribution is 2.43. The molecule has 2 fully saturated rings. The third-order valence-electron chi connectivity index (χ3n) is 6.41. The van der Waals surface area contributed by atoms with Gasteiger partial charge in [-0.15, -0.1) is 0 Å². The van der Waals surface area contributed by atoms with E-state index < -0.39 is 30.0 Å². The van der Waals surface area contributed by atoms with Crippen molar-refractivity contribution < 1.29 is 24.2 Å². The minimum absolute atomic E-state index is 0.208. The Kier molecular flexibility index (Phi) is 6.33. The van der Waals surface area contributed by atoms with Crippen molar-refractivity contribution in [3.05, 3.63) is 52.7 Å². The van der Waals surface area contributed by atoms with Gasteiger partial charge >= 0.3 is 12.1 Å². The number of morpholine rings is 1. The molecular formula is C23H22Cl2N4O5. The lowest BCUT2D eigenvalue weighted by molar-refractivity contribution is -0.142. The molecule has 0 spiro atoms. The number of carboxylic acid groups (broad SMARTS) is 1. The number of aromatic nitrogens is 3. The molecule has 1 saturated carbocycles. The third kappa shape index (κ3) is 4.31. The molecule has 34 heavy (non-hydrogen) atoms. The lowest BCUT2D eigenvalue weighted by Crippen LogP contribution is -2.42. The third-order valence-corrected chi connectivity index (χ3v) is 7.20. The number of halogens is 2. The lowest BCUT2D eigenvalue weighted by atomic mass is 9.91. The fourth-order valence-electron chi connectivity index (χ4n) is 4.69. The van der Waals surface area contributed by atoms with Gasteiger partial charge in [0.2, 0.25) is 0 Å². The molecule has 1 aromatic carbocycles. The molecule has 5 rings (SSSR count). The van der Waals surface area contributed by atoms with Crippen LogP contribution in [0, 0.1) is 5.92 Å². The minimum atomic E-state index is -0.960. The highest BCUT2D eigenvalue weighted by molar-refractivity contribution is 6.45. The molecule has 9 nitrogen and oxygen atoms in total. The van der Waals surface area contributed by atoms with Crippen LogP contribution in [0.4, 0.5) is 4.79 Å². The lowest BCUT2D eigenvalue weighted by Gasteiger charge is -2.27. The van der Waals surface area contributed by atoms with E-state index in [-0.39, 0.29) is 6.42 Å². The van der Waals surface area contributed by atoms with Crippen molar-refractivity contribution in [2.45, 2.75) is 24.9 Å². The van der Waals surface area contributed by atoms with E-state index in [1.54, 1.807) is 29.7 Å². The Hall–Kier alpha value is -2.88. The molecule has 0 radical (unpaired) electrons.